The highest BCUT2D eigenvalue weighted by Gasteiger charge is 2.44. The van der Waals surface area contributed by atoms with E-state index in [1.54, 1.807) is 16.7 Å². The van der Waals surface area contributed by atoms with Crippen LogP contribution in [0.15, 0.2) is 48.5 Å². The maximum Gasteiger partial charge on any atom is 0.319 e. The smallest absolute Gasteiger partial charge is 0.319 e. The molecule has 7 nitrogen and oxygen atoms in total. The first-order valence-corrected chi connectivity index (χ1v) is 8.41. The Hall–Kier alpha value is -3.48. The average Bonchev–Trinajstić information content (AvgIpc) is 3.01. The summed E-state index contributed by atoms with van der Waals surface area (Å²) < 4.78 is 6.48. The highest BCUT2D eigenvalue weighted by Crippen LogP contribution is 2.43. The number of carbonyl (C=O) groups is 2. The standard InChI is InChI=1S/C20H16N2O5/c1-11-10-13-4-3-5-15-16(12-6-8-14(9-7-12)22(25)26)17(20(24)27-2)19(23)21(11)18(13)15/h3-10,16-17H,1-2H3/t16-,17+/m0/s1. The molecule has 0 fully saturated rings. The number of aryl methyl sites for hydroxylation is 1. The second-order valence-electron chi connectivity index (χ2n) is 6.57. The van der Waals surface area contributed by atoms with Gasteiger partial charge in [-0.25, -0.2) is 0 Å². The van der Waals surface area contributed by atoms with Gasteiger partial charge < -0.3 is 4.74 Å². The zero-order valence-electron chi connectivity index (χ0n) is 14.7. The average molecular weight is 364 g/mol. The van der Waals surface area contributed by atoms with Gasteiger partial charge in [-0.1, -0.05) is 30.3 Å². The first-order valence-electron chi connectivity index (χ1n) is 8.41. The van der Waals surface area contributed by atoms with E-state index in [0.29, 0.717) is 5.56 Å². The first-order chi connectivity index (χ1) is 12.9. The van der Waals surface area contributed by atoms with Crippen LogP contribution in [0.1, 0.15) is 27.5 Å². The van der Waals surface area contributed by atoms with Gasteiger partial charge in [0.1, 0.15) is 5.92 Å². The Bertz CT molecular complexity index is 1100. The molecule has 1 aromatic heterocycles. The highest BCUT2D eigenvalue weighted by atomic mass is 16.6. The molecule has 0 bridgehead atoms. The molecule has 0 amide bonds. The maximum atomic E-state index is 13.2. The lowest BCUT2D eigenvalue weighted by Crippen LogP contribution is -2.39. The summed E-state index contributed by atoms with van der Waals surface area (Å²) >= 11 is 0. The van der Waals surface area contributed by atoms with E-state index in [2.05, 4.69) is 0 Å². The number of non-ortho nitro benzene ring substituents is 1. The third-order valence-corrected chi connectivity index (χ3v) is 5.11. The Morgan fingerprint density at radius 2 is 1.89 bits per heavy atom. The van der Waals surface area contributed by atoms with Crippen LogP contribution in [-0.4, -0.2) is 28.5 Å². The number of hydrogen-bond donors (Lipinski definition) is 0. The van der Waals surface area contributed by atoms with E-state index in [1.807, 2.05) is 31.2 Å². The molecule has 0 saturated carbocycles. The summed E-state index contributed by atoms with van der Waals surface area (Å²) in [6.45, 7) is 1.82. The number of nitrogens with zero attached hydrogens (tertiary/aromatic N) is 2. The summed E-state index contributed by atoms with van der Waals surface area (Å²) in [5, 5.41) is 11.9. The van der Waals surface area contributed by atoms with Gasteiger partial charge in [-0.2, -0.15) is 0 Å². The van der Waals surface area contributed by atoms with Crippen LogP contribution in [0.2, 0.25) is 0 Å². The van der Waals surface area contributed by atoms with Crippen LogP contribution < -0.4 is 0 Å². The number of rotatable bonds is 3. The monoisotopic (exact) mass is 364 g/mol. The van der Waals surface area contributed by atoms with Gasteiger partial charge in [-0.3, -0.25) is 24.3 Å². The lowest BCUT2D eigenvalue weighted by molar-refractivity contribution is -0.384. The molecule has 2 atom stereocenters. The molecule has 0 radical (unpaired) electrons. The lowest BCUT2D eigenvalue weighted by Gasteiger charge is -2.31. The van der Waals surface area contributed by atoms with Gasteiger partial charge >= 0.3 is 5.97 Å². The second-order valence-corrected chi connectivity index (χ2v) is 6.57. The van der Waals surface area contributed by atoms with Crippen molar-refractivity contribution in [3.63, 3.8) is 0 Å². The molecule has 0 N–H and O–H groups in total. The number of ether oxygens (including phenoxy) is 1. The molecule has 7 heteroatoms. The third kappa shape index (κ3) is 2.43. The molecule has 1 aliphatic heterocycles. The van der Waals surface area contributed by atoms with Crippen LogP contribution in [0.4, 0.5) is 5.69 Å². The Kier molecular flexibility index (Phi) is 3.80. The van der Waals surface area contributed by atoms with Crippen molar-refractivity contribution in [2.45, 2.75) is 12.8 Å². The van der Waals surface area contributed by atoms with E-state index in [-0.39, 0.29) is 11.6 Å². The third-order valence-electron chi connectivity index (χ3n) is 5.11. The summed E-state index contributed by atoms with van der Waals surface area (Å²) in [5.74, 6) is -2.60. The molecule has 2 aromatic carbocycles. The van der Waals surface area contributed by atoms with Crippen molar-refractivity contribution in [1.82, 2.24) is 4.57 Å². The number of nitro groups is 1. The fraction of sp³-hybridized carbons (Fsp3) is 0.200. The SMILES string of the molecule is COC(=O)[C@H]1C(=O)n2c(C)cc3cccc(c32)[C@@H]1c1ccc([N+](=O)[O-])cc1. The van der Waals surface area contributed by atoms with Gasteiger partial charge in [0, 0.05) is 29.1 Å². The quantitative estimate of drug-likeness (QED) is 0.307. The zero-order valence-corrected chi connectivity index (χ0v) is 14.7. The van der Waals surface area contributed by atoms with E-state index in [4.69, 9.17) is 4.74 Å². The number of nitro benzene ring substituents is 1. The molecule has 0 unspecified atom stereocenters. The van der Waals surface area contributed by atoms with Crippen molar-refractivity contribution >= 4 is 28.5 Å². The van der Waals surface area contributed by atoms with Gasteiger partial charge in [0.25, 0.3) is 5.69 Å². The minimum atomic E-state index is -1.05. The Labute approximate surface area is 154 Å². The molecule has 136 valence electrons. The fourth-order valence-corrected chi connectivity index (χ4v) is 3.96. The molecule has 0 aliphatic carbocycles. The van der Waals surface area contributed by atoms with Crippen molar-refractivity contribution in [3.8, 4) is 0 Å². The zero-order chi connectivity index (χ0) is 19.3. The molecular formula is C20H16N2O5. The topological polar surface area (TPSA) is 91.4 Å². The molecule has 3 aromatic rings. The molecular weight excluding hydrogens is 348 g/mol. The predicted molar refractivity (Wildman–Crippen MR) is 97.7 cm³/mol. The molecule has 0 saturated heterocycles. The van der Waals surface area contributed by atoms with Crippen molar-refractivity contribution in [2.75, 3.05) is 7.11 Å². The van der Waals surface area contributed by atoms with Crippen molar-refractivity contribution < 1.29 is 19.2 Å². The first kappa shape index (κ1) is 17.0. The predicted octanol–water partition coefficient (Wildman–Crippen LogP) is 3.43. The van der Waals surface area contributed by atoms with Crippen molar-refractivity contribution in [2.24, 2.45) is 5.92 Å². The number of methoxy groups -OCH3 is 1. The van der Waals surface area contributed by atoms with Crippen molar-refractivity contribution in [3.05, 3.63) is 75.5 Å². The van der Waals surface area contributed by atoms with E-state index >= 15 is 0 Å². The van der Waals surface area contributed by atoms with Gasteiger partial charge in [-0.15, -0.1) is 0 Å². The van der Waals surface area contributed by atoms with E-state index in [1.165, 1.54) is 19.2 Å². The molecule has 2 heterocycles. The molecule has 1 aliphatic rings. The second kappa shape index (κ2) is 6.05. The van der Waals surface area contributed by atoms with E-state index in [0.717, 1.165) is 22.2 Å². The van der Waals surface area contributed by atoms with Gasteiger partial charge in [0.15, 0.2) is 0 Å². The summed E-state index contributed by atoms with van der Waals surface area (Å²) in [5.41, 5.74) is 2.95. The van der Waals surface area contributed by atoms with E-state index < -0.39 is 22.7 Å². The maximum absolute atomic E-state index is 13.2. The number of aromatic nitrogens is 1. The van der Waals surface area contributed by atoms with Gasteiger partial charge in [-0.05, 0) is 24.1 Å². The number of hydrogen-bond acceptors (Lipinski definition) is 5. The Balaban J connectivity index is 1.99. The highest BCUT2D eigenvalue weighted by molar-refractivity contribution is 6.08. The van der Waals surface area contributed by atoms with E-state index in [9.17, 15) is 19.7 Å². The van der Waals surface area contributed by atoms with Crippen molar-refractivity contribution in [1.29, 1.82) is 0 Å². The summed E-state index contributed by atoms with van der Waals surface area (Å²) in [4.78, 5) is 36.2. The van der Waals surface area contributed by atoms with Crippen LogP contribution in [0.5, 0.6) is 0 Å². The fourth-order valence-electron chi connectivity index (χ4n) is 3.96. The van der Waals surface area contributed by atoms with Gasteiger partial charge in [0.05, 0.1) is 17.5 Å². The van der Waals surface area contributed by atoms with Crippen LogP contribution in [-0.2, 0) is 9.53 Å². The lowest BCUT2D eigenvalue weighted by atomic mass is 9.77. The number of benzene rings is 2. The van der Waals surface area contributed by atoms with Crippen LogP contribution >= 0.6 is 0 Å². The molecule has 0 spiro atoms. The Morgan fingerprint density at radius 3 is 2.52 bits per heavy atom. The van der Waals surface area contributed by atoms with Crippen LogP contribution in [0.25, 0.3) is 10.9 Å². The van der Waals surface area contributed by atoms with Crippen LogP contribution in [0.3, 0.4) is 0 Å². The normalized spacial score (nSPS) is 18.5. The van der Waals surface area contributed by atoms with Gasteiger partial charge in [0.2, 0.25) is 5.91 Å². The molecule has 4 rings (SSSR count). The summed E-state index contributed by atoms with van der Waals surface area (Å²) in [6, 6.07) is 13.5. The number of esters is 1. The minimum Gasteiger partial charge on any atom is -0.468 e. The minimum absolute atomic E-state index is 0.0482. The van der Waals surface area contributed by atoms with Crippen LogP contribution in [0, 0.1) is 23.0 Å². The number of carbonyl (C=O) groups excluding carboxylic acids is 2. The summed E-state index contributed by atoms with van der Waals surface area (Å²) in [6.07, 6.45) is 0. The Morgan fingerprint density at radius 1 is 1.19 bits per heavy atom. The molecule has 27 heavy (non-hydrogen) atoms. The number of para-hydroxylation sites is 1. The largest absolute Gasteiger partial charge is 0.468 e. The summed E-state index contributed by atoms with van der Waals surface area (Å²) in [7, 11) is 1.25.